The summed E-state index contributed by atoms with van der Waals surface area (Å²) in [6.07, 6.45) is 1.80. The van der Waals surface area contributed by atoms with Crippen molar-refractivity contribution >= 4 is 28.3 Å². The van der Waals surface area contributed by atoms with Crippen molar-refractivity contribution < 1.29 is 4.79 Å². The van der Waals surface area contributed by atoms with E-state index in [9.17, 15) is 4.79 Å². The van der Waals surface area contributed by atoms with Crippen LogP contribution in [0.1, 0.15) is 16.7 Å². The van der Waals surface area contributed by atoms with E-state index in [2.05, 4.69) is 34.7 Å². The van der Waals surface area contributed by atoms with Gasteiger partial charge in [0, 0.05) is 22.8 Å². The molecule has 112 valence electrons. The number of aromatic amines is 1. The highest BCUT2D eigenvalue weighted by molar-refractivity contribution is 6.06. The monoisotopic (exact) mass is 293 g/mol. The SMILES string of the molecule is Cc1cc(C)c(NC(=O)Nc2c[nH]c3ccccc23)c(C)c1. The van der Waals surface area contributed by atoms with Crippen LogP contribution in [0.5, 0.6) is 0 Å². The molecule has 4 heteroatoms. The van der Waals surface area contributed by atoms with E-state index in [-0.39, 0.29) is 6.03 Å². The molecular formula is C18H19N3O. The molecule has 1 aromatic heterocycles. The molecule has 3 N–H and O–H groups in total. The van der Waals surface area contributed by atoms with Gasteiger partial charge in [0.05, 0.1) is 5.69 Å². The molecule has 4 nitrogen and oxygen atoms in total. The van der Waals surface area contributed by atoms with Gasteiger partial charge in [-0.25, -0.2) is 4.79 Å². The van der Waals surface area contributed by atoms with Crippen LogP contribution in [0.2, 0.25) is 0 Å². The second-order valence-electron chi connectivity index (χ2n) is 5.60. The van der Waals surface area contributed by atoms with Gasteiger partial charge in [-0.1, -0.05) is 35.9 Å². The van der Waals surface area contributed by atoms with Crippen LogP contribution in [-0.4, -0.2) is 11.0 Å². The predicted octanol–water partition coefficient (Wildman–Crippen LogP) is 4.74. The Balaban J connectivity index is 1.81. The number of para-hydroxylation sites is 1. The number of nitrogens with one attached hydrogen (secondary N) is 3. The minimum Gasteiger partial charge on any atom is -0.359 e. The van der Waals surface area contributed by atoms with Gasteiger partial charge < -0.3 is 15.6 Å². The molecule has 0 aliphatic carbocycles. The fraction of sp³-hybridized carbons (Fsp3) is 0.167. The Morgan fingerprint density at radius 3 is 2.41 bits per heavy atom. The highest BCUT2D eigenvalue weighted by Crippen LogP contribution is 2.24. The highest BCUT2D eigenvalue weighted by Gasteiger charge is 2.10. The van der Waals surface area contributed by atoms with Gasteiger partial charge in [-0.05, 0) is 38.0 Å². The summed E-state index contributed by atoms with van der Waals surface area (Å²) in [6, 6.07) is 11.8. The molecule has 0 fully saturated rings. The van der Waals surface area contributed by atoms with E-state index >= 15 is 0 Å². The normalized spacial score (nSPS) is 10.7. The quantitative estimate of drug-likeness (QED) is 0.628. The number of hydrogen-bond donors (Lipinski definition) is 3. The molecule has 2 aromatic carbocycles. The minimum absolute atomic E-state index is 0.236. The molecular weight excluding hydrogens is 274 g/mol. The summed E-state index contributed by atoms with van der Waals surface area (Å²) < 4.78 is 0. The molecule has 0 spiro atoms. The van der Waals surface area contributed by atoms with E-state index < -0.39 is 0 Å². The number of aryl methyl sites for hydroxylation is 3. The maximum Gasteiger partial charge on any atom is 0.323 e. The molecule has 0 radical (unpaired) electrons. The van der Waals surface area contributed by atoms with Crippen LogP contribution < -0.4 is 10.6 Å². The summed E-state index contributed by atoms with van der Waals surface area (Å²) in [5, 5.41) is 6.84. The average Bonchev–Trinajstić information content (AvgIpc) is 2.86. The molecule has 3 rings (SSSR count). The smallest absolute Gasteiger partial charge is 0.323 e. The van der Waals surface area contributed by atoms with Gasteiger partial charge in [0.1, 0.15) is 0 Å². The zero-order valence-electron chi connectivity index (χ0n) is 12.9. The van der Waals surface area contributed by atoms with Gasteiger partial charge in [0.15, 0.2) is 0 Å². The fourth-order valence-electron chi connectivity index (χ4n) is 2.82. The van der Waals surface area contributed by atoms with Gasteiger partial charge in [0.2, 0.25) is 0 Å². The number of carbonyl (C=O) groups excluding carboxylic acids is 1. The van der Waals surface area contributed by atoms with Crippen molar-refractivity contribution in [2.24, 2.45) is 0 Å². The molecule has 0 aliphatic rings. The Bertz CT molecular complexity index is 825. The molecule has 0 saturated carbocycles. The van der Waals surface area contributed by atoms with E-state index in [1.54, 1.807) is 6.20 Å². The number of amides is 2. The molecule has 3 aromatic rings. The lowest BCUT2D eigenvalue weighted by atomic mass is 10.1. The topological polar surface area (TPSA) is 56.9 Å². The maximum absolute atomic E-state index is 12.3. The average molecular weight is 293 g/mol. The summed E-state index contributed by atoms with van der Waals surface area (Å²) in [7, 11) is 0. The minimum atomic E-state index is -0.236. The molecule has 2 amide bonds. The summed E-state index contributed by atoms with van der Waals surface area (Å²) >= 11 is 0. The number of rotatable bonds is 2. The molecule has 0 unspecified atom stereocenters. The van der Waals surface area contributed by atoms with Gasteiger partial charge >= 0.3 is 6.03 Å². The first-order valence-electron chi connectivity index (χ1n) is 7.26. The van der Waals surface area contributed by atoms with E-state index in [0.29, 0.717) is 0 Å². The first kappa shape index (κ1) is 14.2. The third-order valence-corrected chi connectivity index (χ3v) is 3.75. The van der Waals surface area contributed by atoms with Crippen LogP contribution in [0.25, 0.3) is 10.9 Å². The van der Waals surface area contributed by atoms with Crippen LogP contribution in [0, 0.1) is 20.8 Å². The van der Waals surface area contributed by atoms with Gasteiger partial charge in [-0.2, -0.15) is 0 Å². The largest absolute Gasteiger partial charge is 0.359 e. The number of urea groups is 1. The second-order valence-corrected chi connectivity index (χ2v) is 5.60. The zero-order chi connectivity index (χ0) is 15.7. The van der Waals surface area contributed by atoms with E-state index in [1.807, 2.05) is 38.1 Å². The Morgan fingerprint density at radius 2 is 1.68 bits per heavy atom. The zero-order valence-corrected chi connectivity index (χ0v) is 12.9. The molecule has 0 atom stereocenters. The summed E-state index contributed by atoms with van der Waals surface area (Å²) in [5.41, 5.74) is 5.95. The van der Waals surface area contributed by atoms with Crippen molar-refractivity contribution in [3.05, 3.63) is 59.3 Å². The van der Waals surface area contributed by atoms with Crippen molar-refractivity contribution in [1.82, 2.24) is 4.98 Å². The molecule has 0 aliphatic heterocycles. The van der Waals surface area contributed by atoms with Crippen LogP contribution in [0.4, 0.5) is 16.2 Å². The summed E-state index contributed by atoms with van der Waals surface area (Å²) in [4.78, 5) is 15.4. The van der Waals surface area contributed by atoms with Crippen molar-refractivity contribution in [1.29, 1.82) is 0 Å². The number of H-pyrrole nitrogens is 1. The van der Waals surface area contributed by atoms with Crippen LogP contribution >= 0.6 is 0 Å². The molecule has 0 bridgehead atoms. The highest BCUT2D eigenvalue weighted by atomic mass is 16.2. The van der Waals surface area contributed by atoms with Crippen molar-refractivity contribution in [2.45, 2.75) is 20.8 Å². The molecule has 22 heavy (non-hydrogen) atoms. The lowest BCUT2D eigenvalue weighted by Crippen LogP contribution is -2.20. The Labute approximate surface area is 129 Å². The standard InChI is InChI=1S/C18H19N3O/c1-11-8-12(2)17(13(3)9-11)21-18(22)20-16-10-19-15-7-5-4-6-14(15)16/h4-10,19H,1-3H3,(H2,20,21,22). The first-order chi connectivity index (χ1) is 10.5. The van der Waals surface area contributed by atoms with Crippen molar-refractivity contribution in [2.75, 3.05) is 10.6 Å². The second kappa shape index (κ2) is 5.56. The number of carbonyl (C=O) groups is 1. The van der Waals surface area contributed by atoms with E-state index in [4.69, 9.17) is 0 Å². The Morgan fingerprint density at radius 1 is 1.00 bits per heavy atom. The lowest BCUT2D eigenvalue weighted by molar-refractivity contribution is 0.262. The number of aromatic nitrogens is 1. The third kappa shape index (κ3) is 2.68. The van der Waals surface area contributed by atoms with Crippen molar-refractivity contribution in [3.8, 4) is 0 Å². The van der Waals surface area contributed by atoms with Crippen LogP contribution in [-0.2, 0) is 0 Å². The van der Waals surface area contributed by atoms with Gasteiger partial charge in [-0.15, -0.1) is 0 Å². The van der Waals surface area contributed by atoms with E-state index in [1.165, 1.54) is 5.56 Å². The first-order valence-corrected chi connectivity index (χ1v) is 7.26. The third-order valence-electron chi connectivity index (χ3n) is 3.75. The molecule has 0 saturated heterocycles. The van der Waals surface area contributed by atoms with Gasteiger partial charge in [0.25, 0.3) is 0 Å². The van der Waals surface area contributed by atoms with Gasteiger partial charge in [-0.3, -0.25) is 0 Å². The summed E-state index contributed by atoms with van der Waals surface area (Å²) in [6.45, 7) is 6.05. The lowest BCUT2D eigenvalue weighted by Gasteiger charge is -2.13. The fourth-order valence-corrected chi connectivity index (χ4v) is 2.82. The number of anilines is 2. The van der Waals surface area contributed by atoms with Crippen LogP contribution in [0.3, 0.4) is 0 Å². The maximum atomic E-state index is 12.3. The number of hydrogen-bond acceptors (Lipinski definition) is 1. The number of fused-ring (bicyclic) bond motifs is 1. The molecule has 1 heterocycles. The Hall–Kier alpha value is -2.75. The predicted molar refractivity (Wildman–Crippen MR) is 91.6 cm³/mol. The van der Waals surface area contributed by atoms with Crippen LogP contribution in [0.15, 0.2) is 42.6 Å². The van der Waals surface area contributed by atoms with Crippen molar-refractivity contribution in [3.63, 3.8) is 0 Å². The summed E-state index contributed by atoms with van der Waals surface area (Å²) in [5.74, 6) is 0. The Kier molecular flexibility index (Phi) is 3.59. The number of benzene rings is 2. The van der Waals surface area contributed by atoms with E-state index in [0.717, 1.165) is 33.4 Å².